The summed E-state index contributed by atoms with van der Waals surface area (Å²) >= 11 is 0. The van der Waals surface area contributed by atoms with Crippen molar-refractivity contribution in [1.82, 2.24) is 0 Å². The summed E-state index contributed by atoms with van der Waals surface area (Å²) in [6, 6.07) is 0. The van der Waals surface area contributed by atoms with Gasteiger partial charge >= 0.3 is 46.3 Å². The predicted octanol–water partition coefficient (Wildman–Crippen LogP) is -6.23. The molecule has 7 nitrogen and oxygen atoms in total. The van der Waals surface area contributed by atoms with E-state index in [9.17, 15) is 23.8 Å². The summed E-state index contributed by atoms with van der Waals surface area (Å²) in [5.74, 6) is 0. The van der Waals surface area contributed by atoms with Crippen molar-refractivity contribution in [2.45, 2.75) is 5.40 Å². The zero-order chi connectivity index (χ0) is 9.28. The topological polar surface area (TPSA) is 144 Å². The van der Waals surface area contributed by atoms with Crippen molar-refractivity contribution >= 4 is 15.2 Å². The molecule has 0 aliphatic carbocycles. The summed E-state index contributed by atoms with van der Waals surface area (Å²) in [6.45, 7) is -1.43. The van der Waals surface area contributed by atoms with Crippen LogP contribution in [0.1, 0.15) is 0 Å². The molecule has 2 N–H and O–H groups in total. The molecular formula is C2H5CoNaO7P2. The van der Waals surface area contributed by atoms with E-state index in [4.69, 9.17) is 10.00 Å². The van der Waals surface area contributed by atoms with Gasteiger partial charge in [0.05, 0.1) is 12.0 Å². The summed E-state index contributed by atoms with van der Waals surface area (Å²) in [5.41, 5.74) is 0. The van der Waals surface area contributed by atoms with E-state index in [2.05, 4.69) is 0 Å². The first-order valence-corrected chi connectivity index (χ1v) is 5.61. The smallest absolute Gasteiger partial charge is 0.810 e. The first-order chi connectivity index (χ1) is 4.69. The zero-order valence-electron chi connectivity index (χ0n) is 6.45. The van der Waals surface area contributed by atoms with Gasteiger partial charge in [0.1, 0.15) is 7.60 Å². The molecule has 0 rings (SSSR count). The Kier molecular flexibility index (Phi) is 11.1. The first kappa shape index (κ1) is 20.2. The Balaban J connectivity index is -0.000000500. The fraction of sp³-hybridized carbons (Fsp3) is 1.00. The van der Waals surface area contributed by atoms with E-state index in [0.717, 1.165) is 0 Å². The quantitative estimate of drug-likeness (QED) is 0.387. The van der Waals surface area contributed by atoms with Gasteiger partial charge in [-0.1, -0.05) is 7.60 Å². The molecule has 2 unspecified atom stereocenters. The summed E-state index contributed by atoms with van der Waals surface area (Å²) < 4.78 is 20.0. The molecule has 0 aromatic carbocycles. The Labute approximate surface area is 107 Å². The van der Waals surface area contributed by atoms with Gasteiger partial charge in [-0.05, 0) is 0 Å². The largest absolute Gasteiger partial charge is 2.00 e. The van der Waals surface area contributed by atoms with Crippen LogP contribution >= 0.6 is 15.2 Å². The number of aliphatic hydroxyl groups is 1. The molecule has 0 aromatic heterocycles. The number of hydrogen-bond acceptors (Lipinski definition) is 6. The van der Waals surface area contributed by atoms with Gasteiger partial charge in [0.25, 0.3) is 0 Å². The fourth-order valence-electron chi connectivity index (χ4n) is 0.382. The molecule has 0 fully saturated rings. The van der Waals surface area contributed by atoms with Crippen molar-refractivity contribution in [3.8, 4) is 0 Å². The second-order valence-electron chi connectivity index (χ2n) is 1.77. The zero-order valence-corrected chi connectivity index (χ0v) is 11.3. The van der Waals surface area contributed by atoms with Crippen LogP contribution < -0.4 is 44.2 Å². The van der Waals surface area contributed by atoms with E-state index >= 15 is 0 Å². The second kappa shape index (κ2) is 7.11. The molecule has 0 aliphatic heterocycles. The molecule has 0 spiro atoms. The fourth-order valence-corrected chi connectivity index (χ4v) is 2.22. The van der Waals surface area contributed by atoms with Gasteiger partial charge in [-0.15, -0.1) is 0 Å². The molecule has 1 radical (unpaired) electrons. The standard InChI is InChI=1S/C2H8O7P2.Co.Na/c3-1-2(10(4,5)6)11(7,8)9;;/h2-3H,1H2,(H2,4,5,6)(H2,7,8,9);;/q;+2;+1/p-3. The molecule has 0 bridgehead atoms. The normalized spacial score (nSPS) is 17.6. The van der Waals surface area contributed by atoms with Crippen LogP contribution in [0.4, 0.5) is 0 Å². The average Bonchev–Trinajstić information content (AvgIpc) is 1.56. The van der Waals surface area contributed by atoms with Crippen LogP contribution in [-0.2, 0) is 25.9 Å². The molecule has 2 atom stereocenters. The molecule has 11 heteroatoms. The third kappa shape index (κ3) is 7.67. The Hall–Kier alpha value is 1.77. The predicted molar refractivity (Wildman–Crippen MR) is 28.3 cm³/mol. The Morgan fingerprint density at radius 3 is 1.54 bits per heavy atom. The van der Waals surface area contributed by atoms with E-state index in [1.165, 1.54) is 0 Å². The van der Waals surface area contributed by atoms with Gasteiger partial charge in [-0.25, -0.2) is 0 Å². The second-order valence-corrected chi connectivity index (χ2v) is 5.63. The van der Waals surface area contributed by atoms with Crippen molar-refractivity contribution in [2.24, 2.45) is 0 Å². The third-order valence-electron chi connectivity index (χ3n) is 0.905. The van der Waals surface area contributed by atoms with Gasteiger partial charge < -0.3 is 33.8 Å². The molecule has 13 heavy (non-hydrogen) atoms. The van der Waals surface area contributed by atoms with E-state index in [1.54, 1.807) is 0 Å². The Morgan fingerprint density at radius 1 is 1.23 bits per heavy atom. The maximum Gasteiger partial charge on any atom is 2.00 e. The molecule has 0 amide bonds. The SMILES string of the molecule is O=P([O-])([O-])C(CO)P(=O)([O-])O.[Co+2].[Na+]. The molecule has 0 saturated heterocycles. The van der Waals surface area contributed by atoms with Crippen LogP contribution in [0.5, 0.6) is 0 Å². The molecular weight excluding hydrogens is 280 g/mol. The van der Waals surface area contributed by atoms with Crippen LogP contribution in [0.15, 0.2) is 0 Å². The van der Waals surface area contributed by atoms with E-state index in [-0.39, 0.29) is 46.3 Å². The van der Waals surface area contributed by atoms with E-state index < -0.39 is 27.2 Å². The number of aliphatic hydroxyl groups excluding tert-OH is 1. The van der Waals surface area contributed by atoms with Crippen molar-refractivity contribution in [3.63, 3.8) is 0 Å². The molecule has 0 saturated carbocycles. The van der Waals surface area contributed by atoms with Crippen LogP contribution in [0.25, 0.3) is 0 Å². The number of rotatable bonds is 3. The van der Waals surface area contributed by atoms with Crippen molar-refractivity contribution < 1.29 is 80.1 Å². The Bertz CT molecular complexity index is 199. The minimum atomic E-state index is -5.47. The van der Waals surface area contributed by atoms with Gasteiger partial charge in [-0.3, -0.25) is 0 Å². The summed E-state index contributed by atoms with van der Waals surface area (Å²) in [5, 5.41) is 5.46. The third-order valence-corrected chi connectivity index (χ3v) is 4.44. The maximum absolute atomic E-state index is 10.1. The van der Waals surface area contributed by atoms with E-state index in [0.29, 0.717) is 0 Å². The van der Waals surface area contributed by atoms with Crippen LogP contribution in [0.2, 0.25) is 0 Å². The van der Waals surface area contributed by atoms with Crippen molar-refractivity contribution in [2.75, 3.05) is 6.61 Å². The van der Waals surface area contributed by atoms with Gasteiger partial charge in [0, 0.05) is 0 Å². The van der Waals surface area contributed by atoms with Crippen LogP contribution in [-0.4, -0.2) is 22.0 Å². The first-order valence-electron chi connectivity index (χ1n) is 2.35. The maximum atomic E-state index is 10.1. The van der Waals surface area contributed by atoms with Crippen LogP contribution in [0.3, 0.4) is 0 Å². The molecule has 0 aromatic rings. The van der Waals surface area contributed by atoms with Crippen LogP contribution in [0, 0.1) is 0 Å². The molecule has 0 aliphatic rings. The minimum Gasteiger partial charge on any atom is -0.810 e. The summed E-state index contributed by atoms with van der Waals surface area (Å²) in [4.78, 5) is 38.1. The van der Waals surface area contributed by atoms with Crippen molar-refractivity contribution in [1.29, 1.82) is 0 Å². The Morgan fingerprint density at radius 2 is 1.54 bits per heavy atom. The van der Waals surface area contributed by atoms with Gasteiger partial charge in [0.2, 0.25) is 0 Å². The van der Waals surface area contributed by atoms with Gasteiger partial charge in [-0.2, -0.15) is 0 Å². The van der Waals surface area contributed by atoms with Crippen molar-refractivity contribution in [3.05, 3.63) is 0 Å². The molecule has 75 valence electrons. The average molecular weight is 285 g/mol. The molecule has 0 heterocycles. The minimum absolute atomic E-state index is 0. The van der Waals surface area contributed by atoms with Gasteiger partial charge in [0.15, 0.2) is 0 Å². The monoisotopic (exact) mass is 285 g/mol. The summed E-state index contributed by atoms with van der Waals surface area (Å²) in [7, 11) is -10.8. The number of hydrogen-bond donors (Lipinski definition) is 2. The van der Waals surface area contributed by atoms with E-state index in [1.807, 2.05) is 0 Å². The summed E-state index contributed by atoms with van der Waals surface area (Å²) in [6.07, 6.45) is 0.